The lowest BCUT2D eigenvalue weighted by molar-refractivity contribution is -0.142. The van der Waals surface area contributed by atoms with Crippen LogP contribution in [-0.4, -0.2) is 37.7 Å². The van der Waals surface area contributed by atoms with Gasteiger partial charge in [-0.15, -0.1) is 0 Å². The number of rotatable bonds is 4. The number of nitrogens with one attached hydrogen (secondary N) is 4. The summed E-state index contributed by atoms with van der Waals surface area (Å²) in [4.78, 5) is 25.3. The molecule has 0 unspecified atom stereocenters. The van der Waals surface area contributed by atoms with E-state index in [1.165, 1.54) is 19.3 Å². The molecule has 4 fully saturated rings. The fraction of sp³-hybridized carbons (Fsp3) is 0.913. The Labute approximate surface area is 175 Å². The topological polar surface area (TPSA) is 82.3 Å². The zero-order valence-corrected chi connectivity index (χ0v) is 18.9. The molecule has 7 atom stereocenters. The first-order valence-corrected chi connectivity index (χ1v) is 11.7. The van der Waals surface area contributed by atoms with E-state index in [4.69, 9.17) is 0 Å². The fourth-order valence-electron chi connectivity index (χ4n) is 7.72. The molecule has 4 rings (SSSR count). The van der Waals surface area contributed by atoms with E-state index in [0.29, 0.717) is 30.2 Å². The third kappa shape index (κ3) is 3.21. The number of fused-ring (bicyclic) bond motifs is 5. The van der Waals surface area contributed by atoms with Crippen molar-refractivity contribution in [1.82, 2.24) is 21.3 Å². The van der Waals surface area contributed by atoms with Gasteiger partial charge in [0.25, 0.3) is 0 Å². The fourth-order valence-corrected chi connectivity index (χ4v) is 7.72. The molecular weight excluding hydrogens is 364 g/mol. The van der Waals surface area contributed by atoms with E-state index in [0.717, 1.165) is 25.7 Å². The molecule has 29 heavy (non-hydrogen) atoms. The van der Waals surface area contributed by atoms with Crippen LogP contribution in [0.3, 0.4) is 0 Å². The van der Waals surface area contributed by atoms with E-state index in [1.807, 2.05) is 21.0 Å². The number of hydrogen-bond acceptors (Lipinski definition) is 4. The average Bonchev–Trinajstić information content (AvgIpc) is 3.05. The van der Waals surface area contributed by atoms with Crippen LogP contribution < -0.4 is 21.3 Å². The molecule has 3 aliphatic carbocycles. The van der Waals surface area contributed by atoms with Gasteiger partial charge >= 0.3 is 0 Å². The van der Waals surface area contributed by atoms with Crippen molar-refractivity contribution in [1.29, 1.82) is 0 Å². The summed E-state index contributed by atoms with van der Waals surface area (Å²) in [6, 6.07) is 0.349. The van der Waals surface area contributed by atoms with E-state index in [1.54, 1.807) is 0 Å². The van der Waals surface area contributed by atoms with E-state index in [2.05, 4.69) is 35.1 Å². The van der Waals surface area contributed by atoms with Crippen molar-refractivity contribution in [3.05, 3.63) is 0 Å². The third-order valence-electron chi connectivity index (χ3n) is 9.78. The molecular formula is C23H40N4O2. The number of carbonyl (C=O) groups is 2. The van der Waals surface area contributed by atoms with Gasteiger partial charge in [0.1, 0.15) is 5.79 Å². The van der Waals surface area contributed by atoms with Crippen molar-refractivity contribution >= 4 is 11.8 Å². The molecule has 0 spiro atoms. The predicted molar refractivity (Wildman–Crippen MR) is 114 cm³/mol. The Balaban J connectivity index is 1.53. The molecule has 1 heterocycles. The molecule has 164 valence electrons. The summed E-state index contributed by atoms with van der Waals surface area (Å²) in [5, 5.41) is 12.9. The second kappa shape index (κ2) is 7.23. The van der Waals surface area contributed by atoms with Crippen LogP contribution in [0.15, 0.2) is 0 Å². The molecule has 6 nitrogen and oxygen atoms in total. The Bertz CT molecular complexity index is 678. The van der Waals surface area contributed by atoms with Crippen LogP contribution in [0.25, 0.3) is 0 Å². The summed E-state index contributed by atoms with van der Waals surface area (Å²) < 4.78 is 0. The van der Waals surface area contributed by atoms with Gasteiger partial charge in [-0.25, -0.2) is 0 Å². The minimum atomic E-state index is -0.575. The van der Waals surface area contributed by atoms with Gasteiger partial charge in [0.15, 0.2) is 0 Å². The van der Waals surface area contributed by atoms with Crippen molar-refractivity contribution in [2.45, 2.75) is 84.0 Å². The number of piperidine rings is 1. The Morgan fingerprint density at radius 2 is 1.69 bits per heavy atom. The van der Waals surface area contributed by atoms with E-state index < -0.39 is 5.79 Å². The summed E-state index contributed by atoms with van der Waals surface area (Å²) in [5.41, 5.74) is 0.324. The summed E-state index contributed by atoms with van der Waals surface area (Å²) in [6.45, 7) is 6.79. The Kier molecular flexibility index (Phi) is 5.26. The van der Waals surface area contributed by atoms with E-state index in [-0.39, 0.29) is 28.6 Å². The molecule has 0 aromatic rings. The van der Waals surface area contributed by atoms with Gasteiger partial charge < -0.3 is 10.6 Å². The van der Waals surface area contributed by atoms with Crippen LogP contribution in [0.5, 0.6) is 0 Å². The van der Waals surface area contributed by atoms with Gasteiger partial charge in [-0.1, -0.05) is 13.8 Å². The molecule has 6 heteroatoms. The number of amides is 2. The molecule has 1 saturated heterocycles. The summed E-state index contributed by atoms with van der Waals surface area (Å²) in [7, 11) is 3.73. The molecule has 3 saturated carbocycles. The molecule has 1 aliphatic heterocycles. The standard InChI is InChI=1S/C23H40N4O2/c1-21-12-10-16-14(6-9-18-22(16,2)13-11-19(28)26-18)15(21)7-8-17(21)20(29)27-23(3,24-4)25-5/h14-18,24-25H,6-13H2,1-5H3,(H,26,28)(H,27,29)/t14-,15-,16-,17+,18+,21-,22+/m0/s1. The first kappa shape index (κ1) is 21.1. The largest absolute Gasteiger partial charge is 0.353 e. The van der Waals surface area contributed by atoms with Crippen molar-refractivity contribution in [2.75, 3.05) is 14.1 Å². The second-order valence-corrected chi connectivity index (χ2v) is 10.9. The van der Waals surface area contributed by atoms with Crippen molar-refractivity contribution < 1.29 is 9.59 Å². The lowest BCUT2D eigenvalue weighted by Gasteiger charge is -2.60. The van der Waals surface area contributed by atoms with Crippen molar-refractivity contribution in [3.63, 3.8) is 0 Å². The zero-order valence-electron chi connectivity index (χ0n) is 18.9. The molecule has 0 radical (unpaired) electrons. The Hall–Kier alpha value is -1.14. The van der Waals surface area contributed by atoms with Crippen LogP contribution in [0.2, 0.25) is 0 Å². The number of carbonyl (C=O) groups excluding carboxylic acids is 2. The minimum Gasteiger partial charge on any atom is -0.353 e. The lowest BCUT2D eigenvalue weighted by atomic mass is 9.47. The maximum atomic E-state index is 13.3. The van der Waals surface area contributed by atoms with Crippen LogP contribution in [0, 0.1) is 34.5 Å². The van der Waals surface area contributed by atoms with E-state index >= 15 is 0 Å². The van der Waals surface area contributed by atoms with Crippen LogP contribution in [0.4, 0.5) is 0 Å². The minimum absolute atomic E-state index is 0.0889. The second-order valence-electron chi connectivity index (χ2n) is 10.9. The van der Waals surface area contributed by atoms with Crippen molar-refractivity contribution in [3.8, 4) is 0 Å². The SMILES string of the molecule is CNC(C)(NC)NC(=O)[C@H]1CC[C@H]2[C@@H]3CC[C@H]4NC(=O)CC[C@]4(C)[C@H]3CC[C@]12C. The van der Waals surface area contributed by atoms with Gasteiger partial charge in [-0.2, -0.15) is 0 Å². The molecule has 4 aliphatic rings. The first-order chi connectivity index (χ1) is 13.7. The normalized spacial score (nSPS) is 44.3. The summed E-state index contributed by atoms with van der Waals surface area (Å²) in [5.74, 6) is 1.94. The Morgan fingerprint density at radius 1 is 1.00 bits per heavy atom. The third-order valence-corrected chi connectivity index (χ3v) is 9.78. The van der Waals surface area contributed by atoms with E-state index in [9.17, 15) is 9.59 Å². The molecule has 0 bridgehead atoms. The quantitative estimate of drug-likeness (QED) is 0.542. The highest BCUT2D eigenvalue weighted by atomic mass is 16.2. The van der Waals surface area contributed by atoms with Crippen molar-refractivity contribution in [2.24, 2.45) is 34.5 Å². The van der Waals surface area contributed by atoms with Gasteiger partial charge in [-0.3, -0.25) is 20.2 Å². The van der Waals surface area contributed by atoms with Gasteiger partial charge in [-0.05, 0) is 94.5 Å². The van der Waals surface area contributed by atoms with Gasteiger partial charge in [0.05, 0.1) is 0 Å². The van der Waals surface area contributed by atoms with Crippen LogP contribution >= 0.6 is 0 Å². The maximum Gasteiger partial charge on any atom is 0.226 e. The molecule has 4 N–H and O–H groups in total. The highest BCUT2D eigenvalue weighted by Crippen LogP contribution is 2.65. The monoisotopic (exact) mass is 404 g/mol. The average molecular weight is 405 g/mol. The number of hydrogen-bond donors (Lipinski definition) is 4. The predicted octanol–water partition coefficient (Wildman–Crippen LogP) is 2.35. The molecule has 2 amide bonds. The lowest BCUT2D eigenvalue weighted by Crippen LogP contribution is -2.65. The highest BCUT2D eigenvalue weighted by molar-refractivity contribution is 5.80. The van der Waals surface area contributed by atoms with Crippen LogP contribution in [0.1, 0.15) is 72.1 Å². The molecule has 0 aromatic carbocycles. The molecule has 0 aromatic heterocycles. The first-order valence-electron chi connectivity index (χ1n) is 11.7. The summed E-state index contributed by atoms with van der Waals surface area (Å²) >= 11 is 0. The highest BCUT2D eigenvalue weighted by Gasteiger charge is 2.61. The Morgan fingerprint density at radius 3 is 2.38 bits per heavy atom. The van der Waals surface area contributed by atoms with Gasteiger partial charge in [0, 0.05) is 18.4 Å². The van der Waals surface area contributed by atoms with Gasteiger partial charge in [0.2, 0.25) is 11.8 Å². The summed E-state index contributed by atoms with van der Waals surface area (Å²) in [6.07, 6.45) is 8.49. The zero-order chi connectivity index (χ0) is 21.0. The smallest absolute Gasteiger partial charge is 0.226 e. The maximum absolute atomic E-state index is 13.3. The van der Waals surface area contributed by atoms with Crippen LogP contribution in [-0.2, 0) is 9.59 Å².